The molecule has 1 aliphatic rings. The van der Waals surface area contributed by atoms with Gasteiger partial charge in [-0.25, -0.2) is 0 Å². The van der Waals surface area contributed by atoms with Crippen LogP contribution in [-0.4, -0.2) is 31.1 Å². The van der Waals surface area contributed by atoms with Gasteiger partial charge in [-0.2, -0.15) is 0 Å². The van der Waals surface area contributed by atoms with Crippen LogP contribution in [-0.2, 0) is 6.42 Å². The highest BCUT2D eigenvalue weighted by Crippen LogP contribution is 2.11. The van der Waals surface area contributed by atoms with Crippen LogP contribution in [0.2, 0.25) is 0 Å². The summed E-state index contributed by atoms with van der Waals surface area (Å²) in [6, 6.07) is 8.83. The summed E-state index contributed by atoms with van der Waals surface area (Å²) in [7, 11) is 0. The maximum Gasteiger partial charge on any atom is 0.0110 e. The molecule has 0 atom stereocenters. The Hall–Kier alpha value is -1.12. The molecule has 2 nitrogen and oxygen atoms in total. The van der Waals surface area contributed by atoms with Crippen molar-refractivity contribution in [2.45, 2.75) is 25.7 Å². The molecule has 2 N–H and O–H groups in total. The van der Waals surface area contributed by atoms with Gasteiger partial charge in [0.15, 0.2) is 0 Å². The molecule has 2 heteroatoms. The first-order valence-electron chi connectivity index (χ1n) is 7.06. The number of nitrogens with two attached hydrogens (primary N) is 1. The number of hydrogen-bond acceptors (Lipinski definition) is 2. The third-order valence-corrected chi connectivity index (χ3v) is 3.59. The molecule has 98 valence electrons. The molecule has 18 heavy (non-hydrogen) atoms. The Balaban J connectivity index is 1.80. The van der Waals surface area contributed by atoms with E-state index >= 15 is 0 Å². The van der Waals surface area contributed by atoms with Gasteiger partial charge in [0, 0.05) is 13.1 Å². The molecule has 2 rings (SSSR count). The van der Waals surface area contributed by atoms with Crippen molar-refractivity contribution < 1.29 is 0 Å². The SMILES string of the molecule is NC/C=C/c1ccc(CCN2CCCCC2)cc1. The van der Waals surface area contributed by atoms with Gasteiger partial charge in [-0.3, -0.25) is 0 Å². The van der Waals surface area contributed by atoms with E-state index in [0.29, 0.717) is 6.54 Å². The van der Waals surface area contributed by atoms with Gasteiger partial charge in [-0.1, -0.05) is 42.8 Å². The average Bonchev–Trinajstić information content (AvgIpc) is 2.45. The van der Waals surface area contributed by atoms with Gasteiger partial charge in [0.05, 0.1) is 0 Å². The molecule has 1 saturated heterocycles. The third kappa shape index (κ3) is 4.28. The van der Waals surface area contributed by atoms with Gasteiger partial charge in [0.2, 0.25) is 0 Å². The molecule has 0 aliphatic carbocycles. The number of rotatable bonds is 5. The van der Waals surface area contributed by atoms with Gasteiger partial charge in [-0.15, -0.1) is 0 Å². The van der Waals surface area contributed by atoms with Crippen molar-refractivity contribution in [3.63, 3.8) is 0 Å². The Kier molecular flexibility index (Phi) is 5.43. The van der Waals surface area contributed by atoms with Crippen molar-refractivity contribution in [2.75, 3.05) is 26.2 Å². The van der Waals surface area contributed by atoms with Crippen LogP contribution < -0.4 is 5.73 Å². The molecular weight excluding hydrogens is 220 g/mol. The molecule has 0 bridgehead atoms. The van der Waals surface area contributed by atoms with Crippen LogP contribution in [0.15, 0.2) is 30.3 Å². The normalized spacial score (nSPS) is 17.4. The number of likely N-dealkylation sites (tertiary alicyclic amines) is 1. The zero-order valence-electron chi connectivity index (χ0n) is 11.1. The second-order valence-electron chi connectivity index (χ2n) is 5.03. The molecule has 0 radical (unpaired) electrons. The fraction of sp³-hybridized carbons (Fsp3) is 0.500. The molecule has 1 fully saturated rings. The summed E-state index contributed by atoms with van der Waals surface area (Å²) >= 11 is 0. The molecule has 0 aromatic heterocycles. The molecule has 1 aliphatic heterocycles. The van der Waals surface area contributed by atoms with Crippen molar-refractivity contribution in [2.24, 2.45) is 5.73 Å². The summed E-state index contributed by atoms with van der Waals surface area (Å²) in [5.74, 6) is 0. The number of piperidine rings is 1. The summed E-state index contributed by atoms with van der Waals surface area (Å²) < 4.78 is 0. The smallest absolute Gasteiger partial charge is 0.0110 e. The quantitative estimate of drug-likeness (QED) is 0.863. The number of benzene rings is 1. The highest BCUT2D eigenvalue weighted by Gasteiger charge is 2.09. The van der Waals surface area contributed by atoms with Gasteiger partial charge in [-0.05, 0) is 43.5 Å². The summed E-state index contributed by atoms with van der Waals surface area (Å²) in [5, 5.41) is 0. The van der Waals surface area contributed by atoms with Crippen molar-refractivity contribution in [3.8, 4) is 0 Å². The maximum atomic E-state index is 5.44. The van der Waals surface area contributed by atoms with Crippen LogP contribution in [0.5, 0.6) is 0 Å². The summed E-state index contributed by atoms with van der Waals surface area (Å²) in [6.45, 7) is 4.39. The third-order valence-electron chi connectivity index (χ3n) is 3.59. The number of nitrogens with zero attached hydrogens (tertiary/aromatic N) is 1. The van der Waals surface area contributed by atoms with Gasteiger partial charge < -0.3 is 10.6 Å². The largest absolute Gasteiger partial charge is 0.327 e. The zero-order chi connectivity index (χ0) is 12.6. The topological polar surface area (TPSA) is 29.3 Å². The van der Waals surface area contributed by atoms with Crippen molar-refractivity contribution in [3.05, 3.63) is 41.5 Å². The Morgan fingerprint density at radius 2 is 1.78 bits per heavy atom. The van der Waals surface area contributed by atoms with E-state index in [1.165, 1.54) is 56.4 Å². The molecule has 1 aromatic rings. The van der Waals surface area contributed by atoms with E-state index in [2.05, 4.69) is 35.2 Å². The molecule has 0 saturated carbocycles. The highest BCUT2D eigenvalue weighted by atomic mass is 15.1. The minimum absolute atomic E-state index is 0.608. The standard InChI is InChI=1S/C16H24N2/c17-11-4-5-15-6-8-16(9-7-15)10-14-18-12-2-1-3-13-18/h4-9H,1-3,10-14,17H2/b5-4+. The summed E-state index contributed by atoms with van der Waals surface area (Å²) in [4.78, 5) is 2.59. The molecule has 0 unspecified atom stereocenters. The van der Waals surface area contributed by atoms with E-state index in [-0.39, 0.29) is 0 Å². The molecule has 1 aromatic carbocycles. The summed E-state index contributed by atoms with van der Waals surface area (Å²) in [5.41, 5.74) is 8.12. The maximum absolute atomic E-state index is 5.44. The monoisotopic (exact) mass is 244 g/mol. The molecule has 1 heterocycles. The molecule has 0 amide bonds. The van der Waals surface area contributed by atoms with Crippen LogP contribution in [0.1, 0.15) is 30.4 Å². The fourth-order valence-corrected chi connectivity index (χ4v) is 2.47. The first-order chi connectivity index (χ1) is 8.88. The van der Waals surface area contributed by atoms with E-state index in [9.17, 15) is 0 Å². The Morgan fingerprint density at radius 3 is 2.44 bits per heavy atom. The second kappa shape index (κ2) is 7.34. The van der Waals surface area contributed by atoms with Crippen LogP contribution in [0.3, 0.4) is 0 Å². The van der Waals surface area contributed by atoms with E-state index in [1.807, 2.05) is 6.08 Å². The predicted molar refractivity (Wildman–Crippen MR) is 78.5 cm³/mol. The lowest BCUT2D eigenvalue weighted by Crippen LogP contribution is -2.31. The van der Waals surface area contributed by atoms with E-state index in [4.69, 9.17) is 5.73 Å². The van der Waals surface area contributed by atoms with Crippen molar-refractivity contribution in [1.82, 2.24) is 4.90 Å². The number of hydrogen-bond donors (Lipinski definition) is 1. The van der Waals surface area contributed by atoms with E-state index < -0.39 is 0 Å². The lowest BCUT2D eigenvalue weighted by atomic mass is 10.1. The van der Waals surface area contributed by atoms with Crippen molar-refractivity contribution >= 4 is 6.08 Å². The lowest BCUT2D eigenvalue weighted by molar-refractivity contribution is 0.231. The second-order valence-corrected chi connectivity index (χ2v) is 5.03. The fourth-order valence-electron chi connectivity index (χ4n) is 2.47. The Labute approximate surface area is 110 Å². The van der Waals surface area contributed by atoms with Crippen LogP contribution in [0, 0.1) is 0 Å². The Bertz CT molecular complexity index is 361. The van der Waals surface area contributed by atoms with Gasteiger partial charge in [0.1, 0.15) is 0 Å². The minimum atomic E-state index is 0.608. The average molecular weight is 244 g/mol. The minimum Gasteiger partial charge on any atom is -0.327 e. The van der Waals surface area contributed by atoms with Crippen molar-refractivity contribution in [1.29, 1.82) is 0 Å². The van der Waals surface area contributed by atoms with Crippen LogP contribution >= 0.6 is 0 Å². The van der Waals surface area contributed by atoms with E-state index in [0.717, 1.165) is 0 Å². The zero-order valence-corrected chi connectivity index (χ0v) is 11.1. The van der Waals surface area contributed by atoms with Crippen LogP contribution in [0.4, 0.5) is 0 Å². The lowest BCUT2D eigenvalue weighted by Gasteiger charge is -2.26. The highest BCUT2D eigenvalue weighted by molar-refractivity contribution is 5.49. The summed E-state index contributed by atoms with van der Waals surface area (Å²) in [6.07, 6.45) is 9.41. The predicted octanol–water partition coefficient (Wildman–Crippen LogP) is 2.69. The van der Waals surface area contributed by atoms with Crippen LogP contribution in [0.25, 0.3) is 6.08 Å². The van der Waals surface area contributed by atoms with E-state index in [1.54, 1.807) is 0 Å². The molecule has 0 spiro atoms. The first kappa shape index (κ1) is 13.3. The Morgan fingerprint density at radius 1 is 1.06 bits per heavy atom. The van der Waals surface area contributed by atoms with Gasteiger partial charge in [0.25, 0.3) is 0 Å². The first-order valence-corrected chi connectivity index (χ1v) is 7.06. The van der Waals surface area contributed by atoms with Gasteiger partial charge >= 0.3 is 0 Å². The molecular formula is C16H24N2.